The van der Waals surface area contributed by atoms with Crippen molar-refractivity contribution < 1.29 is 42.5 Å². The van der Waals surface area contributed by atoms with Crippen molar-refractivity contribution in [2.45, 2.75) is 25.9 Å². The molecule has 0 bridgehead atoms. The SMILES string of the molecule is CCCCN(C)c1ccc(NC(=O)c2ccc(OC)cc2)c(C(=O)O)c1.O=C(O)C(F)(F)F. The van der Waals surface area contributed by atoms with Crippen molar-refractivity contribution in [1.82, 2.24) is 0 Å². The molecule has 0 fully saturated rings. The number of carbonyl (C=O) groups is 3. The molecule has 11 heteroatoms. The number of alkyl halides is 3. The molecule has 0 aromatic heterocycles. The second kappa shape index (κ2) is 12.3. The summed E-state index contributed by atoms with van der Waals surface area (Å²) in [6.45, 7) is 2.95. The molecule has 2 aromatic rings. The maximum atomic E-state index is 12.4. The summed E-state index contributed by atoms with van der Waals surface area (Å²) >= 11 is 0. The second-order valence-electron chi connectivity index (χ2n) is 6.80. The molecular weight excluding hydrogens is 445 g/mol. The largest absolute Gasteiger partial charge is 0.497 e. The number of carbonyl (C=O) groups excluding carboxylic acids is 1. The maximum absolute atomic E-state index is 12.4. The average Bonchev–Trinajstić information content (AvgIpc) is 2.77. The summed E-state index contributed by atoms with van der Waals surface area (Å²) in [5.41, 5.74) is 1.56. The third kappa shape index (κ3) is 8.71. The topological polar surface area (TPSA) is 116 Å². The van der Waals surface area contributed by atoms with Crippen molar-refractivity contribution >= 4 is 29.2 Å². The molecule has 3 N–H and O–H groups in total. The quantitative estimate of drug-likeness (QED) is 0.520. The van der Waals surface area contributed by atoms with Crippen molar-refractivity contribution in [2.75, 3.05) is 30.9 Å². The van der Waals surface area contributed by atoms with E-state index >= 15 is 0 Å². The number of unbranched alkanes of at least 4 members (excludes halogenated alkanes) is 1. The van der Waals surface area contributed by atoms with E-state index in [1.807, 2.05) is 18.0 Å². The predicted molar refractivity (Wildman–Crippen MR) is 116 cm³/mol. The molecule has 8 nitrogen and oxygen atoms in total. The number of rotatable bonds is 8. The summed E-state index contributed by atoms with van der Waals surface area (Å²) in [5, 5.41) is 19.3. The van der Waals surface area contributed by atoms with Crippen LogP contribution in [0.3, 0.4) is 0 Å². The van der Waals surface area contributed by atoms with Gasteiger partial charge >= 0.3 is 18.1 Å². The molecule has 1 amide bonds. The summed E-state index contributed by atoms with van der Waals surface area (Å²) in [6, 6.07) is 11.6. The summed E-state index contributed by atoms with van der Waals surface area (Å²) < 4.78 is 36.8. The Bertz CT molecular complexity index is 962. The molecular formula is C22H25F3N2O6. The molecule has 2 rings (SSSR count). The normalized spacial score (nSPS) is 10.5. The van der Waals surface area contributed by atoms with Gasteiger partial charge in [0.25, 0.3) is 5.91 Å². The van der Waals surface area contributed by atoms with Gasteiger partial charge in [0.1, 0.15) is 5.75 Å². The monoisotopic (exact) mass is 470 g/mol. The Morgan fingerprint density at radius 2 is 1.64 bits per heavy atom. The Balaban J connectivity index is 0.000000675. The van der Waals surface area contributed by atoms with Gasteiger partial charge in [-0.25, -0.2) is 9.59 Å². The minimum absolute atomic E-state index is 0.0627. The van der Waals surface area contributed by atoms with Gasteiger partial charge in [0.2, 0.25) is 0 Å². The Morgan fingerprint density at radius 3 is 2.09 bits per heavy atom. The van der Waals surface area contributed by atoms with E-state index in [2.05, 4.69) is 12.2 Å². The number of hydrogen-bond acceptors (Lipinski definition) is 5. The van der Waals surface area contributed by atoms with Crippen LogP contribution in [0, 0.1) is 0 Å². The van der Waals surface area contributed by atoms with Gasteiger partial charge in [-0.3, -0.25) is 4.79 Å². The van der Waals surface area contributed by atoms with Crippen molar-refractivity contribution in [1.29, 1.82) is 0 Å². The van der Waals surface area contributed by atoms with Gasteiger partial charge in [-0.1, -0.05) is 13.3 Å². The lowest BCUT2D eigenvalue weighted by atomic mass is 10.1. The molecule has 0 heterocycles. The predicted octanol–water partition coefficient (Wildman–Crippen LogP) is 4.52. The molecule has 0 radical (unpaired) electrons. The Morgan fingerprint density at radius 1 is 1.06 bits per heavy atom. The number of nitrogens with one attached hydrogen (secondary N) is 1. The highest BCUT2D eigenvalue weighted by molar-refractivity contribution is 6.08. The van der Waals surface area contributed by atoms with Crippen molar-refractivity contribution in [3.05, 3.63) is 53.6 Å². The van der Waals surface area contributed by atoms with Crippen LogP contribution in [0.4, 0.5) is 24.5 Å². The van der Waals surface area contributed by atoms with Crippen LogP contribution in [-0.4, -0.2) is 54.9 Å². The van der Waals surface area contributed by atoms with Crippen molar-refractivity contribution in [3.8, 4) is 5.75 Å². The number of methoxy groups -OCH3 is 1. The van der Waals surface area contributed by atoms with Gasteiger partial charge < -0.3 is 25.2 Å². The standard InChI is InChI=1S/C20H24N2O4.C2HF3O2/c1-4-5-12-22(2)15-8-11-18(17(13-15)20(24)25)21-19(23)14-6-9-16(26-3)10-7-14;3-2(4,5)1(6)7/h6-11,13H,4-5,12H2,1-3H3,(H,21,23)(H,24,25);(H,6,7). The lowest BCUT2D eigenvalue weighted by Gasteiger charge is -2.20. The molecule has 0 saturated heterocycles. The number of halogens is 3. The minimum atomic E-state index is -5.08. The minimum Gasteiger partial charge on any atom is -0.497 e. The molecule has 2 aromatic carbocycles. The number of benzene rings is 2. The number of aromatic carboxylic acids is 1. The zero-order valence-electron chi connectivity index (χ0n) is 18.3. The van der Waals surface area contributed by atoms with E-state index in [0.29, 0.717) is 11.3 Å². The van der Waals surface area contributed by atoms with Crippen LogP contribution in [0.25, 0.3) is 0 Å². The molecule has 0 unspecified atom stereocenters. The first-order chi connectivity index (χ1) is 15.4. The fourth-order valence-corrected chi connectivity index (χ4v) is 2.52. The lowest BCUT2D eigenvalue weighted by Crippen LogP contribution is -2.21. The van der Waals surface area contributed by atoms with E-state index in [9.17, 15) is 27.9 Å². The van der Waals surface area contributed by atoms with E-state index in [1.54, 1.807) is 43.5 Å². The zero-order chi connectivity index (χ0) is 25.2. The Kier molecular flexibility index (Phi) is 10.2. The van der Waals surface area contributed by atoms with E-state index in [0.717, 1.165) is 25.1 Å². The lowest BCUT2D eigenvalue weighted by molar-refractivity contribution is -0.192. The molecule has 0 aliphatic rings. The van der Waals surface area contributed by atoms with Gasteiger partial charge in [-0.05, 0) is 48.9 Å². The fourth-order valence-electron chi connectivity index (χ4n) is 2.52. The first-order valence-corrected chi connectivity index (χ1v) is 9.74. The number of carboxylic acid groups (broad SMARTS) is 2. The molecule has 0 saturated carbocycles. The summed E-state index contributed by atoms with van der Waals surface area (Å²) in [5.74, 6) is -3.57. The first kappa shape index (κ1) is 27.3. The van der Waals surface area contributed by atoms with Crippen LogP contribution in [0.15, 0.2) is 42.5 Å². The summed E-state index contributed by atoms with van der Waals surface area (Å²) in [7, 11) is 3.47. The molecule has 33 heavy (non-hydrogen) atoms. The third-order valence-corrected chi connectivity index (χ3v) is 4.36. The summed E-state index contributed by atoms with van der Waals surface area (Å²) in [6.07, 6.45) is -3.00. The molecule has 0 spiro atoms. The van der Waals surface area contributed by atoms with E-state index in [1.165, 1.54) is 0 Å². The van der Waals surface area contributed by atoms with E-state index in [-0.39, 0.29) is 17.2 Å². The summed E-state index contributed by atoms with van der Waals surface area (Å²) in [4.78, 5) is 34.9. The number of carboxylic acids is 2. The van der Waals surface area contributed by atoms with E-state index in [4.69, 9.17) is 14.6 Å². The van der Waals surface area contributed by atoms with Gasteiger partial charge in [0, 0.05) is 24.8 Å². The van der Waals surface area contributed by atoms with Crippen LogP contribution in [0.1, 0.15) is 40.5 Å². The van der Waals surface area contributed by atoms with Gasteiger partial charge in [-0.15, -0.1) is 0 Å². The first-order valence-electron chi connectivity index (χ1n) is 9.74. The zero-order valence-corrected chi connectivity index (χ0v) is 18.3. The van der Waals surface area contributed by atoms with Crippen molar-refractivity contribution in [2.24, 2.45) is 0 Å². The number of anilines is 2. The Labute approximate surface area is 188 Å². The van der Waals surface area contributed by atoms with Crippen LogP contribution in [-0.2, 0) is 4.79 Å². The van der Waals surface area contributed by atoms with Gasteiger partial charge in [0.15, 0.2) is 0 Å². The molecule has 180 valence electrons. The van der Waals surface area contributed by atoms with Crippen molar-refractivity contribution in [3.63, 3.8) is 0 Å². The molecule has 0 aliphatic heterocycles. The highest BCUT2D eigenvalue weighted by atomic mass is 19.4. The van der Waals surface area contributed by atoms with Gasteiger partial charge in [0.05, 0.1) is 18.4 Å². The van der Waals surface area contributed by atoms with Crippen LogP contribution in [0.5, 0.6) is 5.75 Å². The van der Waals surface area contributed by atoms with Crippen LogP contribution >= 0.6 is 0 Å². The molecule has 0 aliphatic carbocycles. The van der Waals surface area contributed by atoms with E-state index < -0.39 is 18.1 Å². The number of ether oxygens (including phenoxy) is 1. The fraction of sp³-hybridized carbons (Fsp3) is 0.318. The maximum Gasteiger partial charge on any atom is 0.490 e. The van der Waals surface area contributed by atoms with Crippen LogP contribution in [0.2, 0.25) is 0 Å². The smallest absolute Gasteiger partial charge is 0.490 e. The Hall–Kier alpha value is -3.76. The third-order valence-electron chi connectivity index (χ3n) is 4.36. The van der Waals surface area contributed by atoms with Gasteiger partial charge in [-0.2, -0.15) is 13.2 Å². The molecule has 0 atom stereocenters. The number of hydrogen-bond donors (Lipinski definition) is 3. The average molecular weight is 470 g/mol. The van der Waals surface area contributed by atoms with Crippen LogP contribution < -0.4 is 15.0 Å². The highest BCUT2D eigenvalue weighted by Gasteiger charge is 2.38. The number of aliphatic carboxylic acids is 1. The second-order valence-corrected chi connectivity index (χ2v) is 6.80. The number of amides is 1. The highest BCUT2D eigenvalue weighted by Crippen LogP contribution is 2.24. The number of nitrogens with zero attached hydrogens (tertiary/aromatic N) is 1.